The molecule has 4 aromatic rings. The highest BCUT2D eigenvalue weighted by Gasteiger charge is 2.09. The summed E-state index contributed by atoms with van der Waals surface area (Å²) >= 11 is 6.22. The molecule has 2 nitrogen and oxygen atoms in total. The molecule has 96 valence electrons. The zero-order valence-corrected chi connectivity index (χ0v) is 11.3. The molecule has 0 fully saturated rings. The van der Waals surface area contributed by atoms with Gasteiger partial charge in [0.25, 0.3) is 0 Å². The first-order valence-electron chi connectivity index (χ1n) is 6.34. The van der Waals surface area contributed by atoms with Gasteiger partial charge in [-0.25, -0.2) is 0 Å². The maximum absolute atomic E-state index is 6.22. The lowest BCUT2D eigenvalue weighted by Crippen LogP contribution is -1.80. The van der Waals surface area contributed by atoms with Gasteiger partial charge in [0, 0.05) is 28.7 Å². The van der Waals surface area contributed by atoms with Crippen molar-refractivity contribution in [3.05, 3.63) is 65.9 Å². The minimum Gasteiger partial charge on any atom is -0.456 e. The Morgan fingerprint density at radius 2 is 1.75 bits per heavy atom. The molecule has 4 rings (SSSR count). The monoisotopic (exact) mass is 279 g/mol. The van der Waals surface area contributed by atoms with E-state index in [0.717, 1.165) is 33.1 Å². The molecule has 0 amide bonds. The van der Waals surface area contributed by atoms with E-state index in [-0.39, 0.29) is 0 Å². The molecule has 3 heteroatoms. The van der Waals surface area contributed by atoms with Crippen LogP contribution < -0.4 is 0 Å². The fourth-order valence-corrected chi connectivity index (χ4v) is 2.73. The van der Waals surface area contributed by atoms with Crippen LogP contribution in [-0.2, 0) is 0 Å². The first-order valence-corrected chi connectivity index (χ1v) is 6.72. The lowest BCUT2D eigenvalue weighted by atomic mass is 10.0. The molecule has 0 saturated heterocycles. The molecule has 0 aliphatic heterocycles. The molecule has 0 aliphatic carbocycles. The van der Waals surface area contributed by atoms with Crippen LogP contribution in [0.5, 0.6) is 0 Å². The number of halogens is 1. The number of para-hydroxylation sites is 1. The Hall–Kier alpha value is -2.32. The van der Waals surface area contributed by atoms with Crippen molar-refractivity contribution >= 4 is 33.5 Å². The third-order valence-electron chi connectivity index (χ3n) is 3.46. The van der Waals surface area contributed by atoms with Gasteiger partial charge in [0.15, 0.2) is 0 Å². The third-order valence-corrected chi connectivity index (χ3v) is 3.76. The Morgan fingerprint density at radius 3 is 2.65 bits per heavy atom. The van der Waals surface area contributed by atoms with E-state index in [4.69, 9.17) is 16.0 Å². The summed E-state index contributed by atoms with van der Waals surface area (Å²) in [5.41, 5.74) is 3.84. The number of hydrogen-bond acceptors (Lipinski definition) is 2. The summed E-state index contributed by atoms with van der Waals surface area (Å²) < 4.78 is 5.83. The summed E-state index contributed by atoms with van der Waals surface area (Å²) in [6, 6.07) is 16.1. The molecule has 0 saturated carbocycles. The molecule has 0 N–H and O–H groups in total. The van der Waals surface area contributed by atoms with Gasteiger partial charge >= 0.3 is 0 Å². The maximum atomic E-state index is 6.22. The van der Waals surface area contributed by atoms with E-state index in [1.807, 2.05) is 36.4 Å². The number of nitrogens with zero attached hydrogens (tertiary/aromatic N) is 1. The second-order valence-corrected chi connectivity index (χ2v) is 5.07. The largest absolute Gasteiger partial charge is 0.456 e. The fourth-order valence-electron chi connectivity index (χ4n) is 2.50. The van der Waals surface area contributed by atoms with Gasteiger partial charge in [-0.05, 0) is 29.8 Å². The highest BCUT2D eigenvalue weighted by molar-refractivity contribution is 6.33. The second kappa shape index (κ2) is 4.36. The van der Waals surface area contributed by atoms with Crippen LogP contribution in [0, 0.1) is 0 Å². The highest BCUT2D eigenvalue weighted by Crippen LogP contribution is 2.34. The van der Waals surface area contributed by atoms with Crippen molar-refractivity contribution in [2.24, 2.45) is 0 Å². The Kier molecular flexibility index (Phi) is 2.51. The van der Waals surface area contributed by atoms with Crippen molar-refractivity contribution in [2.45, 2.75) is 0 Å². The number of fused-ring (bicyclic) bond motifs is 3. The predicted octanol–water partition coefficient (Wildman–Crippen LogP) is 5.30. The topological polar surface area (TPSA) is 26.0 Å². The van der Waals surface area contributed by atoms with Gasteiger partial charge in [0.05, 0.1) is 5.02 Å². The molecule has 2 aromatic carbocycles. The van der Waals surface area contributed by atoms with Crippen molar-refractivity contribution in [3.63, 3.8) is 0 Å². The van der Waals surface area contributed by atoms with Gasteiger partial charge in [0.1, 0.15) is 11.2 Å². The standard InChI is InChI=1S/C17H10ClNO/c18-15-10-19-8-7-12(15)11-5-6-17-14(9-11)13-3-1-2-4-16(13)20-17/h1-10H. The summed E-state index contributed by atoms with van der Waals surface area (Å²) in [5, 5.41) is 2.88. The number of rotatable bonds is 1. The van der Waals surface area contributed by atoms with E-state index < -0.39 is 0 Å². The van der Waals surface area contributed by atoms with Crippen molar-refractivity contribution in [1.29, 1.82) is 0 Å². The van der Waals surface area contributed by atoms with Gasteiger partial charge in [-0.15, -0.1) is 0 Å². The first-order chi connectivity index (χ1) is 9.83. The van der Waals surface area contributed by atoms with Crippen molar-refractivity contribution < 1.29 is 4.42 Å². The Morgan fingerprint density at radius 1 is 0.900 bits per heavy atom. The van der Waals surface area contributed by atoms with Gasteiger partial charge in [-0.3, -0.25) is 4.98 Å². The van der Waals surface area contributed by atoms with E-state index in [1.54, 1.807) is 12.4 Å². The van der Waals surface area contributed by atoms with Crippen LogP contribution >= 0.6 is 11.6 Å². The molecule has 0 spiro atoms. The van der Waals surface area contributed by atoms with E-state index >= 15 is 0 Å². The van der Waals surface area contributed by atoms with Gasteiger partial charge < -0.3 is 4.42 Å². The highest BCUT2D eigenvalue weighted by atomic mass is 35.5. The average Bonchev–Trinajstić information content (AvgIpc) is 2.85. The molecule has 0 aliphatic rings. The molecule has 0 bridgehead atoms. The van der Waals surface area contributed by atoms with E-state index in [1.165, 1.54) is 0 Å². The second-order valence-electron chi connectivity index (χ2n) is 4.66. The Labute approximate surface area is 120 Å². The van der Waals surface area contributed by atoms with Gasteiger partial charge in [-0.1, -0.05) is 35.9 Å². The third kappa shape index (κ3) is 1.69. The minimum absolute atomic E-state index is 0.652. The maximum Gasteiger partial charge on any atom is 0.135 e. The van der Waals surface area contributed by atoms with Crippen LogP contribution in [-0.4, -0.2) is 4.98 Å². The number of furan rings is 1. The SMILES string of the molecule is Clc1cnccc1-c1ccc2oc3ccccc3c2c1. The van der Waals surface area contributed by atoms with Crippen LogP contribution in [0.25, 0.3) is 33.1 Å². The predicted molar refractivity (Wildman–Crippen MR) is 82.0 cm³/mol. The van der Waals surface area contributed by atoms with Gasteiger partial charge in [0.2, 0.25) is 0 Å². The molecule has 2 heterocycles. The molecular formula is C17H10ClNO. The summed E-state index contributed by atoms with van der Waals surface area (Å²) in [6.45, 7) is 0. The molecule has 0 atom stereocenters. The van der Waals surface area contributed by atoms with Crippen molar-refractivity contribution in [3.8, 4) is 11.1 Å². The van der Waals surface area contributed by atoms with Gasteiger partial charge in [-0.2, -0.15) is 0 Å². The number of aromatic nitrogens is 1. The zero-order valence-electron chi connectivity index (χ0n) is 10.5. The molecular weight excluding hydrogens is 270 g/mol. The lowest BCUT2D eigenvalue weighted by Gasteiger charge is -2.03. The molecule has 2 aromatic heterocycles. The fraction of sp³-hybridized carbons (Fsp3) is 0. The summed E-state index contributed by atoms with van der Waals surface area (Å²) in [5.74, 6) is 0. The van der Waals surface area contributed by atoms with E-state index in [0.29, 0.717) is 5.02 Å². The lowest BCUT2D eigenvalue weighted by molar-refractivity contribution is 0.669. The normalized spacial score (nSPS) is 11.2. The van der Waals surface area contributed by atoms with Crippen LogP contribution in [0.4, 0.5) is 0 Å². The summed E-state index contributed by atoms with van der Waals surface area (Å²) in [6.07, 6.45) is 3.41. The average molecular weight is 280 g/mol. The van der Waals surface area contributed by atoms with Crippen molar-refractivity contribution in [2.75, 3.05) is 0 Å². The van der Waals surface area contributed by atoms with Crippen LogP contribution in [0.1, 0.15) is 0 Å². The van der Waals surface area contributed by atoms with Crippen LogP contribution in [0.15, 0.2) is 65.3 Å². The van der Waals surface area contributed by atoms with Crippen LogP contribution in [0.3, 0.4) is 0 Å². The van der Waals surface area contributed by atoms with E-state index in [2.05, 4.69) is 17.1 Å². The number of pyridine rings is 1. The summed E-state index contributed by atoms with van der Waals surface area (Å²) in [7, 11) is 0. The van der Waals surface area contributed by atoms with Crippen molar-refractivity contribution in [1.82, 2.24) is 4.98 Å². The Balaban J connectivity index is 2.03. The quantitative estimate of drug-likeness (QED) is 0.472. The molecule has 0 radical (unpaired) electrons. The molecule has 0 unspecified atom stereocenters. The molecule has 20 heavy (non-hydrogen) atoms. The van der Waals surface area contributed by atoms with E-state index in [9.17, 15) is 0 Å². The first kappa shape index (κ1) is 11.5. The minimum atomic E-state index is 0.652. The number of hydrogen-bond donors (Lipinski definition) is 0. The zero-order chi connectivity index (χ0) is 13.5. The smallest absolute Gasteiger partial charge is 0.135 e. The Bertz CT molecular complexity index is 926. The summed E-state index contributed by atoms with van der Waals surface area (Å²) in [4.78, 5) is 4.02. The number of benzene rings is 2. The van der Waals surface area contributed by atoms with Crippen LogP contribution in [0.2, 0.25) is 5.02 Å².